The first kappa shape index (κ1) is 14.2. The lowest BCUT2D eigenvalue weighted by Crippen LogP contribution is -2.47. The van der Waals surface area contributed by atoms with Crippen LogP contribution in [0.3, 0.4) is 0 Å². The number of aliphatic carboxylic acids is 1. The Morgan fingerprint density at radius 3 is 2.76 bits per heavy atom. The molecule has 2 aromatic heterocycles. The van der Waals surface area contributed by atoms with Gasteiger partial charge in [-0.3, -0.25) is 14.6 Å². The summed E-state index contributed by atoms with van der Waals surface area (Å²) in [6.45, 7) is 3.88. The topological polar surface area (TPSA) is 82.7 Å². The van der Waals surface area contributed by atoms with E-state index in [0.29, 0.717) is 18.3 Å². The molecule has 3 rings (SSSR count). The van der Waals surface area contributed by atoms with Gasteiger partial charge in [-0.25, -0.2) is 0 Å². The molecule has 0 unspecified atom stereocenters. The minimum atomic E-state index is -0.776. The van der Waals surface area contributed by atoms with Crippen molar-refractivity contribution in [2.75, 3.05) is 32.7 Å². The van der Waals surface area contributed by atoms with Crippen molar-refractivity contribution in [3.63, 3.8) is 0 Å². The average Bonchev–Trinajstić information content (AvgIpc) is 3.11. The van der Waals surface area contributed by atoms with E-state index in [1.54, 1.807) is 11.3 Å². The largest absolute Gasteiger partial charge is 0.480 e. The van der Waals surface area contributed by atoms with Gasteiger partial charge in [-0.1, -0.05) is 5.16 Å². The molecule has 1 saturated heterocycles. The van der Waals surface area contributed by atoms with Gasteiger partial charge in [-0.15, -0.1) is 0 Å². The lowest BCUT2D eigenvalue weighted by molar-refractivity contribution is -0.138. The molecule has 0 spiro atoms. The molecule has 0 saturated carbocycles. The summed E-state index contributed by atoms with van der Waals surface area (Å²) in [5.74, 6) is 0.445. The molecule has 0 radical (unpaired) electrons. The molecule has 8 heteroatoms. The standard InChI is InChI=1S/C13H16N4O3S/c18-12(19)8-17-4-2-16(3-5-17)7-11-14-13(20-15-11)10-1-6-21-9-10/h1,6,9H,2-5,7-8H2,(H,18,19). The Bertz CT molecular complexity index is 590. The van der Waals surface area contributed by atoms with Crippen molar-refractivity contribution in [2.24, 2.45) is 0 Å². The lowest BCUT2D eigenvalue weighted by Gasteiger charge is -2.32. The van der Waals surface area contributed by atoms with Crippen LogP contribution in [0.1, 0.15) is 5.82 Å². The van der Waals surface area contributed by atoms with E-state index in [0.717, 1.165) is 31.7 Å². The maximum absolute atomic E-state index is 10.7. The molecule has 1 N–H and O–H groups in total. The van der Waals surface area contributed by atoms with Crippen LogP contribution in [0.4, 0.5) is 0 Å². The predicted molar refractivity (Wildman–Crippen MR) is 77.0 cm³/mol. The van der Waals surface area contributed by atoms with Crippen molar-refractivity contribution >= 4 is 17.3 Å². The van der Waals surface area contributed by atoms with E-state index >= 15 is 0 Å². The van der Waals surface area contributed by atoms with Crippen molar-refractivity contribution in [3.8, 4) is 11.5 Å². The second kappa shape index (κ2) is 6.33. The number of carboxylic acid groups (broad SMARTS) is 1. The van der Waals surface area contributed by atoms with Crippen LogP contribution in [-0.4, -0.2) is 63.7 Å². The van der Waals surface area contributed by atoms with Crippen molar-refractivity contribution in [1.82, 2.24) is 19.9 Å². The van der Waals surface area contributed by atoms with Crippen LogP contribution in [-0.2, 0) is 11.3 Å². The van der Waals surface area contributed by atoms with Crippen LogP contribution >= 0.6 is 11.3 Å². The Morgan fingerprint density at radius 1 is 1.33 bits per heavy atom. The minimum Gasteiger partial charge on any atom is -0.480 e. The first-order chi connectivity index (χ1) is 10.2. The zero-order valence-electron chi connectivity index (χ0n) is 11.4. The second-order valence-electron chi connectivity index (χ2n) is 4.97. The SMILES string of the molecule is O=C(O)CN1CCN(Cc2noc(-c3ccsc3)n2)CC1. The number of carboxylic acids is 1. The molecule has 1 aliphatic rings. The summed E-state index contributed by atoms with van der Waals surface area (Å²) < 4.78 is 5.26. The normalized spacial score (nSPS) is 17.1. The summed E-state index contributed by atoms with van der Waals surface area (Å²) in [6, 6.07) is 1.95. The Kier molecular flexibility index (Phi) is 4.28. The summed E-state index contributed by atoms with van der Waals surface area (Å²) in [7, 11) is 0. The van der Waals surface area contributed by atoms with Crippen LogP contribution in [0.15, 0.2) is 21.3 Å². The molecule has 0 atom stereocenters. The van der Waals surface area contributed by atoms with Gasteiger partial charge in [0.1, 0.15) is 0 Å². The van der Waals surface area contributed by atoms with E-state index in [1.807, 2.05) is 21.7 Å². The highest BCUT2D eigenvalue weighted by Gasteiger charge is 2.20. The van der Waals surface area contributed by atoms with Gasteiger partial charge in [0, 0.05) is 31.6 Å². The summed E-state index contributed by atoms with van der Waals surface area (Å²) in [6.07, 6.45) is 0. The molecule has 21 heavy (non-hydrogen) atoms. The molecule has 0 amide bonds. The lowest BCUT2D eigenvalue weighted by atomic mass is 10.3. The molecule has 2 aromatic rings. The maximum Gasteiger partial charge on any atom is 0.317 e. The van der Waals surface area contributed by atoms with E-state index in [-0.39, 0.29) is 6.54 Å². The van der Waals surface area contributed by atoms with Crippen molar-refractivity contribution in [3.05, 3.63) is 22.7 Å². The Labute approximate surface area is 125 Å². The fraction of sp³-hybridized carbons (Fsp3) is 0.462. The average molecular weight is 308 g/mol. The zero-order chi connectivity index (χ0) is 14.7. The monoisotopic (exact) mass is 308 g/mol. The number of piperazine rings is 1. The number of thiophene rings is 1. The number of carbonyl (C=O) groups is 1. The predicted octanol–water partition coefficient (Wildman–Crippen LogP) is 1.00. The van der Waals surface area contributed by atoms with Gasteiger partial charge >= 0.3 is 5.97 Å². The first-order valence-electron chi connectivity index (χ1n) is 6.72. The van der Waals surface area contributed by atoms with Crippen LogP contribution in [0.25, 0.3) is 11.5 Å². The summed E-state index contributed by atoms with van der Waals surface area (Å²) in [4.78, 5) is 19.2. The third-order valence-electron chi connectivity index (χ3n) is 3.43. The Hall–Kier alpha value is -1.77. The third-order valence-corrected chi connectivity index (χ3v) is 4.11. The smallest absolute Gasteiger partial charge is 0.317 e. The zero-order valence-corrected chi connectivity index (χ0v) is 12.3. The van der Waals surface area contributed by atoms with Gasteiger partial charge in [0.25, 0.3) is 5.89 Å². The van der Waals surface area contributed by atoms with Gasteiger partial charge < -0.3 is 9.63 Å². The molecule has 0 aromatic carbocycles. The van der Waals surface area contributed by atoms with Gasteiger partial charge in [-0.05, 0) is 11.4 Å². The molecule has 7 nitrogen and oxygen atoms in total. The van der Waals surface area contributed by atoms with Crippen molar-refractivity contribution in [1.29, 1.82) is 0 Å². The fourth-order valence-electron chi connectivity index (χ4n) is 2.32. The van der Waals surface area contributed by atoms with E-state index < -0.39 is 5.97 Å². The van der Waals surface area contributed by atoms with Crippen LogP contribution in [0, 0.1) is 0 Å². The number of hydrogen-bond acceptors (Lipinski definition) is 7. The van der Waals surface area contributed by atoms with Crippen molar-refractivity contribution < 1.29 is 14.4 Å². The summed E-state index contributed by atoms with van der Waals surface area (Å²) in [5.41, 5.74) is 0.949. The van der Waals surface area contributed by atoms with Crippen LogP contribution < -0.4 is 0 Å². The van der Waals surface area contributed by atoms with Gasteiger partial charge in [0.05, 0.1) is 18.7 Å². The van der Waals surface area contributed by atoms with Crippen molar-refractivity contribution in [2.45, 2.75) is 6.54 Å². The molecule has 0 aliphatic carbocycles. The minimum absolute atomic E-state index is 0.109. The van der Waals surface area contributed by atoms with E-state index in [2.05, 4.69) is 15.0 Å². The molecule has 0 bridgehead atoms. The Balaban J connectivity index is 1.53. The highest BCUT2D eigenvalue weighted by Crippen LogP contribution is 2.20. The molecule has 3 heterocycles. The fourth-order valence-corrected chi connectivity index (χ4v) is 2.95. The number of nitrogens with zero attached hydrogens (tertiary/aromatic N) is 4. The van der Waals surface area contributed by atoms with E-state index in [9.17, 15) is 4.79 Å². The van der Waals surface area contributed by atoms with Crippen LogP contribution in [0.5, 0.6) is 0 Å². The molecular formula is C13H16N4O3S. The van der Waals surface area contributed by atoms with Gasteiger partial charge in [0.2, 0.25) is 0 Å². The second-order valence-corrected chi connectivity index (χ2v) is 5.75. The highest BCUT2D eigenvalue weighted by atomic mass is 32.1. The third kappa shape index (κ3) is 3.66. The summed E-state index contributed by atoms with van der Waals surface area (Å²) in [5, 5.41) is 16.7. The number of hydrogen-bond donors (Lipinski definition) is 1. The number of rotatable bonds is 5. The molecule has 1 aliphatic heterocycles. The van der Waals surface area contributed by atoms with E-state index in [4.69, 9.17) is 9.63 Å². The first-order valence-corrected chi connectivity index (χ1v) is 7.66. The quantitative estimate of drug-likeness (QED) is 0.882. The molecule has 1 fully saturated rings. The summed E-state index contributed by atoms with van der Waals surface area (Å²) >= 11 is 1.59. The number of aromatic nitrogens is 2. The maximum atomic E-state index is 10.7. The highest BCUT2D eigenvalue weighted by molar-refractivity contribution is 7.08. The molecular weight excluding hydrogens is 292 g/mol. The van der Waals surface area contributed by atoms with Gasteiger partial charge in [0.15, 0.2) is 5.82 Å². The Morgan fingerprint density at radius 2 is 2.10 bits per heavy atom. The molecule has 112 valence electrons. The van der Waals surface area contributed by atoms with Crippen LogP contribution in [0.2, 0.25) is 0 Å². The van der Waals surface area contributed by atoms with Gasteiger partial charge in [-0.2, -0.15) is 16.3 Å². The van der Waals surface area contributed by atoms with E-state index in [1.165, 1.54) is 0 Å².